The van der Waals surface area contributed by atoms with Crippen molar-refractivity contribution in [3.8, 4) is 5.75 Å². The summed E-state index contributed by atoms with van der Waals surface area (Å²) in [5, 5.41) is 0. The van der Waals surface area contributed by atoms with Crippen LogP contribution in [0.4, 0.5) is 4.39 Å². The Morgan fingerprint density at radius 1 is 1.14 bits per heavy atom. The van der Waals surface area contributed by atoms with E-state index in [1.807, 2.05) is 19.1 Å². The number of benzene rings is 1. The van der Waals surface area contributed by atoms with E-state index in [0.717, 1.165) is 43.2 Å². The van der Waals surface area contributed by atoms with Gasteiger partial charge in [-0.15, -0.1) is 0 Å². The third-order valence-corrected chi connectivity index (χ3v) is 7.21. The fourth-order valence-corrected chi connectivity index (χ4v) is 5.16. The first kappa shape index (κ1) is 23.6. The number of ether oxygens (including phenoxy) is 2. The SMILES string of the molecule is CCc1ncnc(CC2CCC(Oc3cc(C4=CCOCC4)cc4ncc(=O)n(C)c34)CC2)c1F. The van der Waals surface area contributed by atoms with Gasteiger partial charge in [-0.2, -0.15) is 0 Å². The summed E-state index contributed by atoms with van der Waals surface area (Å²) in [6.07, 6.45) is 10.6. The Morgan fingerprint density at radius 2 is 1.94 bits per heavy atom. The normalized spacial score (nSPS) is 20.6. The van der Waals surface area contributed by atoms with E-state index in [-0.39, 0.29) is 17.5 Å². The fraction of sp³-hybridized carbons (Fsp3) is 0.481. The quantitative estimate of drug-likeness (QED) is 0.522. The molecule has 0 amide bonds. The van der Waals surface area contributed by atoms with Crippen LogP contribution in [0.1, 0.15) is 56.0 Å². The lowest BCUT2D eigenvalue weighted by Gasteiger charge is -2.29. The van der Waals surface area contributed by atoms with E-state index in [9.17, 15) is 9.18 Å². The second-order valence-electron chi connectivity index (χ2n) is 9.45. The van der Waals surface area contributed by atoms with Crippen LogP contribution in [0, 0.1) is 11.7 Å². The number of nitrogens with zero attached hydrogens (tertiary/aromatic N) is 4. The van der Waals surface area contributed by atoms with Crippen LogP contribution < -0.4 is 10.3 Å². The largest absolute Gasteiger partial charge is 0.488 e. The van der Waals surface area contributed by atoms with Crippen molar-refractivity contribution in [3.63, 3.8) is 0 Å². The lowest BCUT2D eigenvalue weighted by atomic mass is 9.84. The van der Waals surface area contributed by atoms with Gasteiger partial charge in [0.05, 0.1) is 42.4 Å². The summed E-state index contributed by atoms with van der Waals surface area (Å²) in [5.41, 5.74) is 4.56. The minimum Gasteiger partial charge on any atom is -0.488 e. The van der Waals surface area contributed by atoms with Crippen LogP contribution in [-0.2, 0) is 24.6 Å². The molecular weight excluding hydrogens is 447 g/mol. The molecule has 3 aromatic rings. The molecule has 0 radical (unpaired) electrons. The van der Waals surface area contributed by atoms with Crippen LogP contribution in [0.3, 0.4) is 0 Å². The van der Waals surface area contributed by atoms with Gasteiger partial charge in [-0.25, -0.2) is 19.3 Å². The average Bonchev–Trinajstić information content (AvgIpc) is 2.89. The van der Waals surface area contributed by atoms with Gasteiger partial charge in [0.1, 0.15) is 17.6 Å². The highest BCUT2D eigenvalue weighted by atomic mass is 19.1. The lowest BCUT2D eigenvalue weighted by molar-refractivity contribution is 0.131. The van der Waals surface area contributed by atoms with Crippen molar-refractivity contribution in [1.82, 2.24) is 19.5 Å². The van der Waals surface area contributed by atoms with E-state index >= 15 is 0 Å². The van der Waals surface area contributed by atoms with Crippen molar-refractivity contribution in [2.75, 3.05) is 13.2 Å². The number of aryl methyl sites for hydroxylation is 2. The molecule has 0 N–H and O–H groups in total. The van der Waals surface area contributed by atoms with Gasteiger partial charge >= 0.3 is 0 Å². The zero-order valence-corrected chi connectivity index (χ0v) is 20.3. The lowest BCUT2D eigenvalue weighted by Crippen LogP contribution is -2.26. The Labute approximate surface area is 204 Å². The average molecular weight is 479 g/mol. The fourth-order valence-electron chi connectivity index (χ4n) is 5.16. The van der Waals surface area contributed by atoms with Gasteiger partial charge in [-0.3, -0.25) is 4.79 Å². The Kier molecular flexibility index (Phi) is 6.90. The topological polar surface area (TPSA) is 79.1 Å². The summed E-state index contributed by atoms with van der Waals surface area (Å²) in [7, 11) is 1.75. The third kappa shape index (κ3) is 4.98. The second-order valence-corrected chi connectivity index (χ2v) is 9.45. The number of halogens is 1. The molecule has 0 spiro atoms. The minimum absolute atomic E-state index is 0.0325. The van der Waals surface area contributed by atoms with E-state index < -0.39 is 0 Å². The number of hydrogen-bond acceptors (Lipinski definition) is 6. The summed E-state index contributed by atoms with van der Waals surface area (Å²) >= 11 is 0. The summed E-state index contributed by atoms with van der Waals surface area (Å²) < 4.78 is 28.2. The minimum atomic E-state index is -0.257. The van der Waals surface area contributed by atoms with Crippen LogP contribution >= 0.6 is 0 Å². The number of fused-ring (bicyclic) bond motifs is 1. The predicted molar refractivity (Wildman–Crippen MR) is 132 cm³/mol. The zero-order chi connectivity index (χ0) is 24.4. The molecule has 184 valence electrons. The van der Waals surface area contributed by atoms with Crippen LogP contribution in [0.2, 0.25) is 0 Å². The van der Waals surface area contributed by atoms with E-state index in [4.69, 9.17) is 9.47 Å². The maximum absolute atomic E-state index is 14.6. The molecule has 35 heavy (non-hydrogen) atoms. The molecule has 1 aliphatic carbocycles. The maximum Gasteiger partial charge on any atom is 0.269 e. The van der Waals surface area contributed by atoms with Gasteiger partial charge in [0.15, 0.2) is 5.82 Å². The van der Waals surface area contributed by atoms with Crippen molar-refractivity contribution < 1.29 is 13.9 Å². The van der Waals surface area contributed by atoms with Gasteiger partial charge in [-0.05, 0) is 74.1 Å². The summed E-state index contributed by atoms with van der Waals surface area (Å²) in [5.74, 6) is 0.799. The molecular formula is C27H31FN4O3. The van der Waals surface area contributed by atoms with Gasteiger partial charge in [0, 0.05) is 7.05 Å². The predicted octanol–water partition coefficient (Wildman–Crippen LogP) is 4.41. The van der Waals surface area contributed by atoms with Crippen molar-refractivity contribution >= 4 is 16.6 Å². The molecule has 0 bridgehead atoms. The maximum atomic E-state index is 14.6. The Balaban J connectivity index is 1.35. The molecule has 0 unspecified atom stereocenters. The molecule has 1 aliphatic heterocycles. The molecule has 0 saturated heterocycles. The van der Waals surface area contributed by atoms with Crippen molar-refractivity contribution in [2.24, 2.45) is 13.0 Å². The van der Waals surface area contributed by atoms with Gasteiger partial charge in [0.25, 0.3) is 5.56 Å². The molecule has 5 rings (SSSR count). The number of hydrogen-bond donors (Lipinski definition) is 0. The molecule has 0 atom stereocenters. The molecule has 2 aliphatic rings. The van der Waals surface area contributed by atoms with Crippen LogP contribution in [0.15, 0.2) is 35.5 Å². The summed E-state index contributed by atoms with van der Waals surface area (Å²) in [6, 6.07) is 4.06. The molecule has 2 aromatic heterocycles. The molecule has 3 heterocycles. The highest BCUT2D eigenvalue weighted by molar-refractivity contribution is 5.86. The highest BCUT2D eigenvalue weighted by Gasteiger charge is 2.26. The van der Waals surface area contributed by atoms with E-state index in [0.29, 0.717) is 54.6 Å². The van der Waals surface area contributed by atoms with Crippen LogP contribution in [-0.4, -0.2) is 38.8 Å². The first-order valence-corrected chi connectivity index (χ1v) is 12.4. The molecule has 1 aromatic carbocycles. The highest BCUT2D eigenvalue weighted by Crippen LogP contribution is 2.35. The monoisotopic (exact) mass is 478 g/mol. The van der Waals surface area contributed by atoms with Gasteiger partial charge < -0.3 is 14.0 Å². The van der Waals surface area contributed by atoms with E-state index in [2.05, 4.69) is 21.0 Å². The molecule has 1 saturated carbocycles. The van der Waals surface area contributed by atoms with Gasteiger partial charge in [-0.1, -0.05) is 13.0 Å². The zero-order valence-electron chi connectivity index (χ0n) is 20.3. The van der Waals surface area contributed by atoms with Crippen LogP contribution in [0.5, 0.6) is 5.75 Å². The van der Waals surface area contributed by atoms with Crippen molar-refractivity contribution in [3.05, 3.63) is 63.9 Å². The standard InChI is InChI=1S/C27H31FN4O3/c1-3-21-26(28)22(31-16-30-21)12-17-4-6-20(7-5-17)35-24-14-19(18-8-10-34-11-9-18)13-23-27(24)32(2)25(33)15-29-23/h8,13-17,20H,3-7,9-12H2,1-2H3. The van der Waals surface area contributed by atoms with E-state index in [1.165, 1.54) is 18.1 Å². The summed E-state index contributed by atoms with van der Waals surface area (Å²) in [6.45, 7) is 3.19. The Bertz CT molecular complexity index is 1310. The van der Waals surface area contributed by atoms with E-state index in [1.54, 1.807) is 11.6 Å². The third-order valence-electron chi connectivity index (χ3n) is 7.21. The second kappa shape index (κ2) is 10.2. The smallest absolute Gasteiger partial charge is 0.269 e. The van der Waals surface area contributed by atoms with Crippen LogP contribution in [0.25, 0.3) is 16.6 Å². The van der Waals surface area contributed by atoms with Crippen molar-refractivity contribution in [1.29, 1.82) is 0 Å². The first-order chi connectivity index (χ1) is 17.0. The Hall–Kier alpha value is -3.13. The molecule has 1 fully saturated rings. The Morgan fingerprint density at radius 3 is 2.69 bits per heavy atom. The van der Waals surface area contributed by atoms with Gasteiger partial charge in [0.2, 0.25) is 0 Å². The number of rotatable bonds is 6. The number of aromatic nitrogens is 4. The first-order valence-electron chi connectivity index (χ1n) is 12.4. The molecule has 7 nitrogen and oxygen atoms in total. The van der Waals surface area contributed by atoms with Crippen molar-refractivity contribution in [2.45, 2.75) is 58.0 Å². The molecule has 8 heteroatoms. The summed E-state index contributed by atoms with van der Waals surface area (Å²) in [4.78, 5) is 25.0.